The maximum Gasteiger partial charge on any atom is 0.169 e. The summed E-state index contributed by atoms with van der Waals surface area (Å²) < 4.78 is 10.3. The van der Waals surface area contributed by atoms with Crippen LogP contribution in [0, 0.1) is 0 Å². The Hall–Kier alpha value is -1.09. The number of ether oxygens (including phenoxy) is 1. The van der Waals surface area contributed by atoms with E-state index in [1.807, 2.05) is 19.9 Å². The monoisotopic (exact) mass is 210 g/mol. The highest BCUT2D eigenvalue weighted by Crippen LogP contribution is 2.22. The fourth-order valence-corrected chi connectivity index (χ4v) is 1.79. The number of ketones is 1. The third-order valence-electron chi connectivity index (χ3n) is 2.99. The number of hydrogen-bond donors (Lipinski definition) is 0. The summed E-state index contributed by atoms with van der Waals surface area (Å²) >= 11 is 0. The van der Waals surface area contributed by atoms with Crippen molar-refractivity contribution in [3.63, 3.8) is 0 Å². The predicted molar refractivity (Wildman–Crippen MR) is 57.7 cm³/mol. The van der Waals surface area contributed by atoms with Crippen LogP contribution in [0.4, 0.5) is 0 Å². The lowest BCUT2D eigenvalue weighted by molar-refractivity contribution is -0.141. The Balaban J connectivity index is 2.73. The number of carbonyl (C=O) groups excluding carboxylic acids is 1. The molecule has 0 amide bonds. The second kappa shape index (κ2) is 5.12. The number of methoxy groups -OCH3 is 1. The predicted octanol–water partition coefficient (Wildman–Crippen LogP) is 2.60. The molecule has 0 aromatic carbocycles. The summed E-state index contributed by atoms with van der Waals surface area (Å²) in [5, 5.41) is 0. The standard InChI is InChI=1S/C12H18O3/c1-4-12(5-2,14-3)11(13)8-10-6-7-15-9-10/h6-7,9H,4-5,8H2,1-3H3. The van der Waals surface area contributed by atoms with Gasteiger partial charge in [-0.3, -0.25) is 4.79 Å². The average molecular weight is 210 g/mol. The van der Waals surface area contributed by atoms with Crippen LogP contribution in [-0.2, 0) is 16.0 Å². The van der Waals surface area contributed by atoms with E-state index in [1.54, 1.807) is 19.6 Å². The van der Waals surface area contributed by atoms with Crippen molar-refractivity contribution in [1.82, 2.24) is 0 Å². The van der Waals surface area contributed by atoms with Gasteiger partial charge in [0, 0.05) is 13.5 Å². The molecule has 1 heterocycles. The Bertz CT molecular complexity index is 288. The van der Waals surface area contributed by atoms with E-state index in [1.165, 1.54) is 0 Å². The second-order valence-electron chi connectivity index (χ2n) is 3.64. The minimum Gasteiger partial charge on any atom is -0.472 e. The zero-order chi connectivity index (χ0) is 11.3. The van der Waals surface area contributed by atoms with Gasteiger partial charge in [-0.2, -0.15) is 0 Å². The molecular formula is C12H18O3. The van der Waals surface area contributed by atoms with Crippen LogP contribution in [0.25, 0.3) is 0 Å². The van der Waals surface area contributed by atoms with Gasteiger partial charge in [0.15, 0.2) is 5.78 Å². The van der Waals surface area contributed by atoms with E-state index in [0.29, 0.717) is 19.3 Å². The molecular weight excluding hydrogens is 192 g/mol. The van der Waals surface area contributed by atoms with Crippen LogP contribution < -0.4 is 0 Å². The lowest BCUT2D eigenvalue weighted by atomic mass is 9.89. The number of rotatable bonds is 6. The number of hydrogen-bond acceptors (Lipinski definition) is 3. The van der Waals surface area contributed by atoms with Crippen LogP contribution in [0.5, 0.6) is 0 Å². The zero-order valence-corrected chi connectivity index (χ0v) is 9.58. The van der Waals surface area contributed by atoms with Crippen molar-refractivity contribution in [3.8, 4) is 0 Å². The molecule has 0 unspecified atom stereocenters. The molecule has 0 saturated heterocycles. The summed E-state index contributed by atoms with van der Waals surface area (Å²) in [4.78, 5) is 12.1. The Kier molecular flexibility index (Phi) is 4.09. The summed E-state index contributed by atoms with van der Waals surface area (Å²) in [6.45, 7) is 3.94. The molecule has 15 heavy (non-hydrogen) atoms. The van der Waals surface area contributed by atoms with Crippen molar-refractivity contribution in [2.75, 3.05) is 7.11 Å². The first kappa shape index (κ1) is 12.0. The highest BCUT2D eigenvalue weighted by molar-refractivity contribution is 5.89. The van der Waals surface area contributed by atoms with Crippen LogP contribution in [0.1, 0.15) is 32.3 Å². The third kappa shape index (κ3) is 2.48. The summed E-state index contributed by atoms with van der Waals surface area (Å²) in [7, 11) is 1.60. The van der Waals surface area contributed by atoms with E-state index in [2.05, 4.69) is 0 Å². The van der Waals surface area contributed by atoms with E-state index in [0.717, 1.165) is 5.56 Å². The molecule has 0 spiro atoms. The fraction of sp³-hybridized carbons (Fsp3) is 0.583. The average Bonchev–Trinajstić information content (AvgIpc) is 2.74. The molecule has 0 radical (unpaired) electrons. The fourth-order valence-electron chi connectivity index (χ4n) is 1.79. The normalized spacial score (nSPS) is 11.7. The van der Waals surface area contributed by atoms with Crippen molar-refractivity contribution >= 4 is 5.78 Å². The summed E-state index contributed by atoms with van der Waals surface area (Å²) in [5.41, 5.74) is 0.278. The first-order chi connectivity index (χ1) is 7.18. The molecule has 0 bridgehead atoms. The number of furan rings is 1. The van der Waals surface area contributed by atoms with Crippen molar-refractivity contribution in [1.29, 1.82) is 0 Å². The van der Waals surface area contributed by atoms with Gasteiger partial charge in [0.2, 0.25) is 0 Å². The largest absolute Gasteiger partial charge is 0.472 e. The first-order valence-corrected chi connectivity index (χ1v) is 5.28. The molecule has 3 heteroatoms. The highest BCUT2D eigenvalue weighted by atomic mass is 16.5. The Labute approximate surface area is 90.4 Å². The molecule has 0 aliphatic rings. The van der Waals surface area contributed by atoms with Gasteiger partial charge in [-0.25, -0.2) is 0 Å². The number of carbonyl (C=O) groups is 1. The molecule has 3 nitrogen and oxygen atoms in total. The van der Waals surface area contributed by atoms with Gasteiger partial charge < -0.3 is 9.15 Å². The van der Waals surface area contributed by atoms with Gasteiger partial charge in [0.05, 0.1) is 12.5 Å². The van der Waals surface area contributed by atoms with Crippen molar-refractivity contribution in [3.05, 3.63) is 24.2 Å². The van der Waals surface area contributed by atoms with Crippen LogP contribution in [0.3, 0.4) is 0 Å². The summed E-state index contributed by atoms with van der Waals surface area (Å²) in [6, 6.07) is 1.81. The van der Waals surface area contributed by atoms with Crippen molar-refractivity contribution in [2.45, 2.75) is 38.7 Å². The minimum absolute atomic E-state index is 0.122. The van der Waals surface area contributed by atoms with E-state index < -0.39 is 5.60 Å². The molecule has 1 rings (SSSR count). The highest BCUT2D eigenvalue weighted by Gasteiger charge is 2.34. The van der Waals surface area contributed by atoms with E-state index in [4.69, 9.17) is 9.15 Å². The molecule has 0 aliphatic carbocycles. The van der Waals surface area contributed by atoms with Gasteiger partial charge in [0.25, 0.3) is 0 Å². The van der Waals surface area contributed by atoms with Crippen molar-refractivity contribution < 1.29 is 13.9 Å². The zero-order valence-electron chi connectivity index (χ0n) is 9.58. The third-order valence-corrected chi connectivity index (χ3v) is 2.99. The van der Waals surface area contributed by atoms with Crippen LogP contribution in [0.15, 0.2) is 23.0 Å². The van der Waals surface area contributed by atoms with Crippen LogP contribution in [0.2, 0.25) is 0 Å². The summed E-state index contributed by atoms with van der Waals surface area (Å²) in [6.07, 6.45) is 4.97. The maximum atomic E-state index is 12.1. The molecule has 0 fully saturated rings. The lowest BCUT2D eigenvalue weighted by Gasteiger charge is -2.28. The van der Waals surface area contributed by atoms with Gasteiger partial charge >= 0.3 is 0 Å². The lowest BCUT2D eigenvalue weighted by Crippen LogP contribution is -2.40. The van der Waals surface area contributed by atoms with Gasteiger partial charge in [0.1, 0.15) is 5.60 Å². The van der Waals surface area contributed by atoms with E-state index in [-0.39, 0.29) is 5.78 Å². The maximum absolute atomic E-state index is 12.1. The molecule has 0 saturated carbocycles. The second-order valence-corrected chi connectivity index (χ2v) is 3.64. The van der Waals surface area contributed by atoms with E-state index >= 15 is 0 Å². The Morgan fingerprint density at radius 1 is 1.47 bits per heavy atom. The molecule has 0 aliphatic heterocycles. The minimum atomic E-state index is -0.628. The van der Waals surface area contributed by atoms with Crippen molar-refractivity contribution in [2.24, 2.45) is 0 Å². The van der Waals surface area contributed by atoms with E-state index in [9.17, 15) is 4.79 Å². The summed E-state index contributed by atoms with van der Waals surface area (Å²) in [5.74, 6) is 0.122. The first-order valence-electron chi connectivity index (χ1n) is 5.28. The molecule has 1 aromatic heterocycles. The van der Waals surface area contributed by atoms with Crippen LogP contribution in [-0.4, -0.2) is 18.5 Å². The Morgan fingerprint density at radius 2 is 2.13 bits per heavy atom. The molecule has 0 N–H and O–H groups in total. The molecule has 84 valence electrons. The Morgan fingerprint density at radius 3 is 2.53 bits per heavy atom. The molecule has 1 aromatic rings. The SMILES string of the molecule is CCC(CC)(OC)C(=O)Cc1ccoc1. The smallest absolute Gasteiger partial charge is 0.169 e. The van der Waals surface area contributed by atoms with Gasteiger partial charge in [-0.1, -0.05) is 13.8 Å². The number of Topliss-reactive ketones (excluding diaryl/α,β-unsaturated/α-hetero) is 1. The topological polar surface area (TPSA) is 39.4 Å². The molecule has 0 atom stereocenters. The van der Waals surface area contributed by atoms with Crippen LogP contribution >= 0.6 is 0 Å². The van der Waals surface area contributed by atoms with Gasteiger partial charge in [-0.05, 0) is 24.5 Å². The van der Waals surface area contributed by atoms with Gasteiger partial charge in [-0.15, -0.1) is 0 Å². The quantitative estimate of drug-likeness (QED) is 0.724.